The van der Waals surface area contributed by atoms with E-state index in [0.29, 0.717) is 25.6 Å². The molecule has 4 N–H and O–H groups in total. The molecule has 0 saturated heterocycles. The van der Waals surface area contributed by atoms with Crippen molar-refractivity contribution < 1.29 is 4.42 Å². The first kappa shape index (κ1) is 15.4. The fourth-order valence-corrected chi connectivity index (χ4v) is 2.73. The average molecular weight is 337 g/mol. The van der Waals surface area contributed by atoms with Crippen LogP contribution in [-0.2, 0) is 13.6 Å². The van der Waals surface area contributed by atoms with Crippen molar-refractivity contribution in [1.29, 1.82) is 0 Å². The molecule has 4 rings (SSSR count). The molecule has 0 unspecified atom stereocenters. The molecule has 8 nitrogen and oxygen atoms in total. The van der Waals surface area contributed by atoms with Gasteiger partial charge in [0.05, 0.1) is 17.8 Å². The Morgan fingerprint density at radius 3 is 3.00 bits per heavy atom. The van der Waals surface area contributed by atoms with Gasteiger partial charge in [-0.2, -0.15) is 15.1 Å². The molecule has 0 atom stereocenters. The van der Waals surface area contributed by atoms with Crippen molar-refractivity contribution in [1.82, 2.24) is 19.7 Å². The highest BCUT2D eigenvalue weighted by Crippen LogP contribution is 2.23. The second-order valence-electron chi connectivity index (χ2n) is 5.76. The third-order valence-corrected chi connectivity index (χ3v) is 4.00. The molecular formula is C17H19N7O. The first-order valence-electron chi connectivity index (χ1n) is 8.08. The van der Waals surface area contributed by atoms with Gasteiger partial charge < -0.3 is 20.8 Å². The van der Waals surface area contributed by atoms with E-state index < -0.39 is 0 Å². The SMILES string of the molecule is Cn1ncc2c(NCc3ccc4occc4c3)nc(NCCN)nc21. The lowest BCUT2D eigenvalue weighted by atomic mass is 10.1. The minimum absolute atomic E-state index is 0.514. The summed E-state index contributed by atoms with van der Waals surface area (Å²) >= 11 is 0. The summed E-state index contributed by atoms with van der Waals surface area (Å²) in [6.07, 6.45) is 3.46. The number of nitrogens with two attached hydrogens (primary N) is 1. The van der Waals surface area contributed by atoms with E-state index in [0.717, 1.165) is 33.4 Å². The molecule has 0 aliphatic carbocycles. The number of nitrogens with zero attached hydrogens (tertiary/aromatic N) is 4. The van der Waals surface area contributed by atoms with Crippen molar-refractivity contribution in [3.63, 3.8) is 0 Å². The number of fused-ring (bicyclic) bond motifs is 2. The van der Waals surface area contributed by atoms with Crippen LogP contribution < -0.4 is 16.4 Å². The normalized spacial score (nSPS) is 11.3. The van der Waals surface area contributed by atoms with Crippen molar-refractivity contribution in [2.24, 2.45) is 12.8 Å². The van der Waals surface area contributed by atoms with Crippen LogP contribution in [0.4, 0.5) is 11.8 Å². The van der Waals surface area contributed by atoms with E-state index >= 15 is 0 Å². The molecule has 3 aromatic heterocycles. The lowest BCUT2D eigenvalue weighted by Gasteiger charge is -2.10. The van der Waals surface area contributed by atoms with E-state index in [-0.39, 0.29) is 0 Å². The van der Waals surface area contributed by atoms with E-state index in [4.69, 9.17) is 10.2 Å². The first-order valence-corrected chi connectivity index (χ1v) is 8.08. The largest absolute Gasteiger partial charge is 0.464 e. The second kappa shape index (κ2) is 6.40. The molecule has 3 heterocycles. The Balaban J connectivity index is 1.62. The van der Waals surface area contributed by atoms with Gasteiger partial charge in [0.1, 0.15) is 11.4 Å². The summed E-state index contributed by atoms with van der Waals surface area (Å²) < 4.78 is 7.11. The van der Waals surface area contributed by atoms with Crippen molar-refractivity contribution in [2.45, 2.75) is 6.54 Å². The molecular weight excluding hydrogens is 318 g/mol. The van der Waals surface area contributed by atoms with E-state index in [1.807, 2.05) is 25.2 Å². The third kappa shape index (κ3) is 2.99. The number of anilines is 2. The molecule has 0 saturated carbocycles. The maximum atomic E-state index is 5.55. The molecule has 0 aliphatic heterocycles. The summed E-state index contributed by atoms with van der Waals surface area (Å²) in [5, 5.41) is 12.7. The van der Waals surface area contributed by atoms with Crippen LogP contribution >= 0.6 is 0 Å². The Kier molecular flexibility index (Phi) is 3.95. The van der Waals surface area contributed by atoms with Gasteiger partial charge in [-0.05, 0) is 23.8 Å². The molecule has 0 fully saturated rings. The van der Waals surface area contributed by atoms with E-state index in [2.05, 4.69) is 31.8 Å². The quantitative estimate of drug-likeness (QED) is 0.494. The van der Waals surface area contributed by atoms with Gasteiger partial charge in [-0.25, -0.2) is 0 Å². The topological polar surface area (TPSA) is 107 Å². The number of aryl methyl sites for hydroxylation is 1. The van der Waals surface area contributed by atoms with Crippen molar-refractivity contribution >= 4 is 33.8 Å². The highest BCUT2D eigenvalue weighted by atomic mass is 16.3. The minimum atomic E-state index is 0.514. The van der Waals surface area contributed by atoms with Crippen LogP contribution in [0.5, 0.6) is 0 Å². The van der Waals surface area contributed by atoms with E-state index in [1.54, 1.807) is 17.1 Å². The smallest absolute Gasteiger partial charge is 0.226 e. The van der Waals surface area contributed by atoms with Crippen LogP contribution in [0.1, 0.15) is 5.56 Å². The van der Waals surface area contributed by atoms with Gasteiger partial charge in [0.25, 0.3) is 0 Å². The number of hydrogen-bond donors (Lipinski definition) is 3. The summed E-state index contributed by atoms with van der Waals surface area (Å²) in [6.45, 7) is 1.76. The number of rotatable bonds is 6. The predicted molar refractivity (Wildman–Crippen MR) is 97.4 cm³/mol. The molecule has 4 aromatic rings. The van der Waals surface area contributed by atoms with Crippen LogP contribution in [0.2, 0.25) is 0 Å². The fourth-order valence-electron chi connectivity index (χ4n) is 2.73. The highest BCUT2D eigenvalue weighted by Gasteiger charge is 2.11. The van der Waals surface area contributed by atoms with Gasteiger partial charge >= 0.3 is 0 Å². The Bertz CT molecular complexity index is 1020. The van der Waals surface area contributed by atoms with Gasteiger partial charge in [0.2, 0.25) is 5.95 Å². The van der Waals surface area contributed by atoms with Crippen molar-refractivity contribution in [3.05, 3.63) is 42.3 Å². The summed E-state index contributed by atoms with van der Waals surface area (Å²) in [5.74, 6) is 1.28. The maximum Gasteiger partial charge on any atom is 0.226 e. The second-order valence-corrected chi connectivity index (χ2v) is 5.76. The van der Waals surface area contributed by atoms with Crippen LogP contribution in [0.25, 0.3) is 22.0 Å². The predicted octanol–water partition coefficient (Wildman–Crippen LogP) is 2.09. The summed E-state index contributed by atoms with van der Waals surface area (Å²) in [6, 6.07) is 8.06. The van der Waals surface area contributed by atoms with Crippen LogP contribution in [0, 0.1) is 0 Å². The monoisotopic (exact) mass is 337 g/mol. The average Bonchev–Trinajstić information content (AvgIpc) is 3.24. The van der Waals surface area contributed by atoms with Crippen molar-refractivity contribution in [3.8, 4) is 0 Å². The number of hydrogen-bond acceptors (Lipinski definition) is 7. The molecule has 0 bridgehead atoms. The Morgan fingerprint density at radius 2 is 2.12 bits per heavy atom. The molecule has 0 aliphatic rings. The van der Waals surface area contributed by atoms with Crippen LogP contribution in [-0.4, -0.2) is 32.8 Å². The van der Waals surface area contributed by atoms with Gasteiger partial charge in [-0.3, -0.25) is 4.68 Å². The van der Waals surface area contributed by atoms with Gasteiger partial charge in [-0.15, -0.1) is 0 Å². The molecule has 25 heavy (non-hydrogen) atoms. The lowest BCUT2D eigenvalue weighted by Crippen LogP contribution is -2.15. The van der Waals surface area contributed by atoms with Gasteiger partial charge in [0.15, 0.2) is 5.65 Å². The molecule has 1 aromatic carbocycles. The van der Waals surface area contributed by atoms with Crippen LogP contribution in [0.15, 0.2) is 41.1 Å². The Labute approximate surface area is 144 Å². The standard InChI is InChI=1S/C17H19N7O/c1-24-16-13(10-21-24)15(22-17(23-16)19-6-5-18)20-9-11-2-3-14-12(8-11)4-7-25-14/h2-4,7-8,10H,5-6,9,18H2,1H3,(H2,19,20,22,23). The molecule has 0 amide bonds. The zero-order valence-electron chi connectivity index (χ0n) is 13.9. The Morgan fingerprint density at radius 1 is 1.20 bits per heavy atom. The van der Waals surface area contributed by atoms with Gasteiger partial charge in [0, 0.05) is 32.1 Å². The van der Waals surface area contributed by atoms with E-state index in [1.165, 1.54) is 0 Å². The zero-order chi connectivity index (χ0) is 17.2. The summed E-state index contributed by atoms with van der Waals surface area (Å²) in [5.41, 5.74) is 8.34. The zero-order valence-corrected chi connectivity index (χ0v) is 13.9. The van der Waals surface area contributed by atoms with Gasteiger partial charge in [-0.1, -0.05) is 6.07 Å². The van der Waals surface area contributed by atoms with Crippen molar-refractivity contribution in [2.75, 3.05) is 23.7 Å². The van der Waals surface area contributed by atoms with Crippen LogP contribution in [0.3, 0.4) is 0 Å². The number of nitrogens with one attached hydrogen (secondary N) is 2. The maximum absolute atomic E-state index is 5.55. The summed E-state index contributed by atoms with van der Waals surface area (Å²) in [7, 11) is 1.86. The fraction of sp³-hybridized carbons (Fsp3) is 0.235. The molecule has 8 heteroatoms. The number of benzene rings is 1. The molecule has 0 radical (unpaired) electrons. The molecule has 0 spiro atoms. The molecule has 128 valence electrons. The third-order valence-electron chi connectivity index (χ3n) is 4.00. The Hall–Kier alpha value is -3.13. The lowest BCUT2D eigenvalue weighted by molar-refractivity contribution is 0.616. The number of furan rings is 1. The first-order chi connectivity index (χ1) is 12.2. The summed E-state index contributed by atoms with van der Waals surface area (Å²) in [4.78, 5) is 9.05. The van der Waals surface area contributed by atoms with E-state index in [9.17, 15) is 0 Å². The number of aromatic nitrogens is 4. The minimum Gasteiger partial charge on any atom is -0.464 e. The highest BCUT2D eigenvalue weighted by molar-refractivity contribution is 5.87.